The van der Waals surface area contributed by atoms with Gasteiger partial charge in [0.15, 0.2) is 5.96 Å². The van der Waals surface area contributed by atoms with E-state index in [9.17, 15) is 4.79 Å². The molecule has 0 fully saturated rings. The molecule has 0 saturated carbocycles. The molecule has 0 aliphatic heterocycles. The number of nitrogens with one attached hydrogen (secondary N) is 1. The summed E-state index contributed by atoms with van der Waals surface area (Å²) in [5, 5.41) is 2.68. The van der Waals surface area contributed by atoms with E-state index in [0.29, 0.717) is 26.1 Å². The Balaban J connectivity index is 3.27. The van der Waals surface area contributed by atoms with Crippen molar-refractivity contribution in [2.24, 2.45) is 22.2 Å². The Labute approximate surface area is 83.9 Å². The third-order valence-corrected chi connectivity index (χ3v) is 1.57. The second-order valence-corrected chi connectivity index (χ2v) is 2.90. The summed E-state index contributed by atoms with van der Waals surface area (Å²) in [6, 6.07) is 0. The van der Waals surface area contributed by atoms with Gasteiger partial charge in [-0.3, -0.25) is 9.79 Å². The van der Waals surface area contributed by atoms with Crippen molar-refractivity contribution in [1.29, 1.82) is 0 Å². The molecule has 1 amide bonds. The molecular formula is C8H19N5O. The lowest BCUT2D eigenvalue weighted by Crippen LogP contribution is -2.28. The Kier molecular flexibility index (Phi) is 7.53. The summed E-state index contributed by atoms with van der Waals surface area (Å²) in [6.45, 7) is 1.58. The second-order valence-electron chi connectivity index (χ2n) is 2.90. The smallest absolute Gasteiger partial charge is 0.220 e. The number of carbonyl (C=O) groups excluding carboxylic acids is 1. The number of rotatable bonds is 7. The molecule has 14 heavy (non-hydrogen) atoms. The van der Waals surface area contributed by atoms with Gasteiger partial charge in [0.1, 0.15) is 0 Å². The normalized spacial score (nSPS) is 9.50. The Morgan fingerprint density at radius 1 is 1.29 bits per heavy atom. The second kappa shape index (κ2) is 8.31. The van der Waals surface area contributed by atoms with Gasteiger partial charge in [-0.2, -0.15) is 0 Å². The molecule has 82 valence electrons. The Bertz CT molecular complexity index is 188. The van der Waals surface area contributed by atoms with Gasteiger partial charge >= 0.3 is 0 Å². The number of unbranched alkanes of at least 4 members (excludes halogenated alkanes) is 1. The number of aliphatic imine (C=N–C) groups is 1. The van der Waals surface area contributed by atoms with Crippen LogP contribution < -0.4 is 22.5 Å². The number of nitrogens with two attached hydrogens (primary N) is 3. The molecule has 0 aromatic carbocycles. The average Bonchev–Trinajstić information content (AvgIpc) is 2.13. The molecule has 0 aromatic heterocycles. The first kappa shape index (κ1) is 12.7. The van der Waals surface area contributed by atoms with Crippen molar-refractivity contribution in [2.75, 3.05) is 19.6 Å². The summed E-state index contributed by atoms with van der Waals surface area (Å²) >= 11 is 0. The van der Waals surface area contributed by atoms with Crippen molar-refractivity contribution in [3.63, 3.8) is 0 Å². The zero-order valence-corrected chi connectivity index (χ0v) is 8.33. The van der Waals surface area contributed by atoms with Crippen molar-refractivity contribution in [2.45, 2.75) is 19.3 Å². The molecule has 0 atom stereocenters. The Morgan fingerprint density at radius 3 is 2.57 bits per heavy atom. The SMILES string of the molecule is NCCNC(=O)CCCCN=C(N)N. The van der Waals surface area contributed by atoms with Crippen LogP contribution in [0.25, 0.3) is 0 Å². The lowest BCUT2D eigenvalue weighted by Gasteiger charge is -2.02. The van der Waals surface area contributed by atoms with E-state index in [1.54, 1.807) is 0 Å². The number of guanidine groups is 1. The third-order valence-electron chi connectivity index (χ3n) is 1.57. The molecule has 0 spiro atoms. The summed E-state index contributed by atoms with van der Waals surface area (Å²) in [4.78, 5) is 14.9. The Morgan fingerprint density at radius 2 is 2.00 bits per heavy atom. The van der Waals surface area contributed by atoms with E-state index in [1.807, 2.05) is 0 Å². The van der Waals surface area contributed by atoms with E-state index in [-0.39, 0.29) is 11.9 Å². The summed E-state index contributed by atoms with van der Waals surface area (Å²) in [5.41, 5.74) is 15.5. The number of hydrogen-bond acceptors (Lipinski definition) is 3. The van der Waals surface area contributed by atoms with Crippen molar-refractivity contribution >= 4 is 11.9 Å². The first-order valence-electron chi connectivity index (χ1n) is 4.69. The predicted molar refractivity (Wildman–Crippen MR) is 56.6 cm³/mol. The highest BCUT2D eigenvalue weighted by atomic mass is 16.1. The van der Waals surface area contributed by atoms with Crippen LogP contribution in [0.5, 0.6) is 0 Å². The fourth-order valence-electron chi connectivity index (χ4n) is 0.905. The van der Waals surface area contributed by atoms with Gasteiger partial charge < -0.3 is 22.5 Å². The highest BCUT2D eigenvalue weighted by Crippen LogP contribution is 1.95. The van der Waals surface area contributed by atoms with Gasteiger partial charge in [0, 0.05) is 26.1 Å². The first-order valence-corrected chi connectivity index (χ1v) is 4.69. The van der Waals surface area contributed by atoms with Crippen LogP contribution >= 0.6 is 0 Å². The van der Waals surface area contributed by atoms with Crippen LogP contribution in [-0.2, 0) is 4.79 Å². The van der Waals surface area contributed by atoms with E-state index in [0.717, 1.165) is 12.8 Å². The quantitative estimate of drug-likeness (QED) is 0.228. The first-order chi connectivity index (χ1) is 6.66. The molecule has 6 heteroatoms. The molecule has 0 bridgehead atoms. The molecule has 0 rings (SSSR count). The van der Waals surface area contributed by atoms with Crippen molar-refractivity contribution in [3.05, 3.63) is 0 Å². The zero-order valence-electron chi connectivity index (χ0n) is 8.33. The van der Waals surface area contributed by atoms with Gasteiger partial charge in [-0.15, -0.1) is 0 Å². The van der Waals surface area contributed by atoms with E-state index >= 15 is 0 Å². The standard InChI is InChI=1S/C8H19N5O/c9-4-6-12-7(14)3-1-2-5-13-8(10)11/h1-6,9H2,(H,12,14)(H4,10,11,13). The topological polar surface area (TPSA) is 120 Å². The van der Waals surface area contributed by atoms with Gasteiger partial charge in [-0.1, -0.05) is 0 Å². The monoisotopic (exact) mass is 201 g/mol. The van der Waals surface area contributed by atoms with E-state index in [4.69, 9.17) is 17.2 Å². The molecule has 0 aromatic rings. The lowest BCUT2D eigenvalue weighted by molar-refractivity contribution is -0.121. The predicted octanol–water partition coefficient (Wildman–Crippen LogP) is -1.49. The number of carbonyl (C=O) groups is 1. The molecule has 0 aliphatic rings. The minimum absolute atomic E-state index is 0.0279. The van der Waals surface area contributed by atoms with Crippen LogP contribution in [0.15, 0.2) is 4.99 Å². The van der Waals surface area contributed by atoms with Gasteiger partial charge in [0.05, 0.1) is 0 Å². The summed E-state index contributed by atoms with van der Waals surface area (Å²) < 4.78 is 0. The average molecular weight is 201 g/mol. The fraction of sp³-hybridized carbons (Fsp3) is 0.750. The van der Waals surface area contributed by atoms with Crippen LogP contribution in [0.2, 0.25) is 0 Å². The summed E-state index contributed by atoms with van der Waals surface area (Å²) in [6.07, 6.45) is 2.10. The van der Waals surface area contributed by atoms with E-state index in [1.165, 1.54) is 0 Å². The summed E-state index contributed by atoms with van der Waals surface area (Å²) in [7, 11) is 0. The minimum Gasteiger partial charge on any atom is -0.370 e. The molecule has 0 aliphatic carbocycles. The van der Waals surface area contributed by atoms with E-state index < -0.39 is 0 Å². The molecule has 0 unspecified atom stereocenters. The summed E-state index contributed by atoms with van der Waals surface area (Å²) in [5.74, 6) is 0.123. The molecule has 0 saturated heterocycles. The molecular weight excluding hydrogens is 182 g/mol. The fourth-order valence-corrected chi connectivity index (χ4v) is 0.905. The highest BCUT2D eigenvalue weighted by molar-refractivity contribution is 5.76. The van der Waals surface area contributed by atoms with Gasteiger partial charge in [0.2, 0.25) is 5.91 Å². The van der Waals surface area contributed by atoms with Crippen LogP contribution in [0.4, 0.5) is 0 Å². The number of nitrogens with zero attached hydrogens (tertiary/aromatic N) is 1. The van der Waals surface area contributed by atoms with Crippen molar-refractivity contribution in [3.8, 4) is 0 Å². The van der Waals surface area contributed by atoms with Crippen molar-refractivity contribution in [1.82, 2.24) is 5.32 Å². The van der Waals surface area contributed by atoms with Gasteiger partial charge in [0.25, 0.3) is 0 Å². The molecule has 7 N–H and O–H groups in total. The molecule has 6 nitrogen and oxygen atoms in total. The maximum atomic E-state index is 11.0. The maximum absolute atomic E-state index is 11.0. The third kappa shape index (κ3) is 8.79. The highest BCUT2D eigenvalue weighted by Gasteiger charge is 1.98. The van der Waals surface area contributed by atoms with Gasteiger partial charge in [-0.05, 0) is 12.8 Å². The van der Waals surface area contributed by atoms with E-state index in [2.05, 4.69) is 10.3 Å². The van der Waals surface area contributed by atoms with Crippen molar-refractivity contribution < 1.29 is 4.79 Å². The molecule has 0 radical (unpaired) electrons. The Hall–Kier alpha value is -1.30. The van der Waals surface area contributed by atoms with Gasteiger partial charge in [-0.25, -0.2) is 0 Å². The maximum Gasteiger partial charge on any atom is 0.220 e. The lowest BCUT2D eigenvalue weighted by atomic mass is 10.2. The number of hydrogen-bond donors (Lipinski definition) is 4. The minimum atomic E-state index is 0.0279. The zero-order chi connectivity index (χ0) is 10.8. The van der Waals surface area contributed by atoms with Crippen LogP contribution in [-0.4, -0.2) is 31.5 Å². The van der Waals surface area contributed by atoms with Crippen LogP contribution in [0.1, 0.15) is 19.3 Å². The largest absolute Gasteiger partial charge is 0.370 e. The van der Waals surface area contributed by atoms with Crippen LogP contribution in [0.3, 0.4) is 0 Å². The van der Waals surface area contributed by atoms with Crippen LogP contribution in [0, 0.1) is 0 Å². The number of amides is 1. The molecule has 0 heterocycles.